The summed E-state index contributed by atoms with van der Waals surface area (Å²) in [7, 11) is 1.28. The molecule has 1 aromatic rings. The zero-order valence-corrected chi connectivity index (χ0v) is 9.47. The Balaban J connectivity index is 3.32. The Labute approximate surface area is 97.3 Å². The first-order chi connectivity index (χ1) is 8.01. The Morgan fingerprint density at radius 3 is 2.71 bits per heavy atom. The van der Waals surface area contributed by atoms with E-state index in [1.165, 1.54) is 13.2 Å². The van der Waals surface area contributed by atoms with Crippen molar-refractivity contribution in [3.63, 3.8) is 0 Å². The molecule has 1 unspecified atom stereocenters. The number of rotatable bonds is 5. The summed E-state index contributed by atoms with van der Waals surface area (Å²) >= 11 is 0. The van der Waals surface area contributed by atoms with Crippen molar-refractivity contribution in [2.45, 2.75) is 19.3 Å². The van der Waals surface area contributed by atoms with Crippen LogP contribution < -0.4 is 4.74 Å². The number of hydrogen-bond donors (Lipinski definition) is 0. The van der Waals surface area contributed by atoms with Crippen LogP contribution in [0.3, 0.4) is 0 Å². The molecule has 0 radical (unpaired) electrons. The molecule has 0 spiro atoms. The predicted octanol–water partition coefficient (Wildman–Crippen LogP) is 2.44. The van der Waals surface area contributed by atoms with Crippen molar-refractivity contribution >= 4 is 12.0 Å². The Morgan fingerprint density at radius 2 is 2.24 bits per heavy atom. The highest BCUT2D eigenvalue weighted by Gasteiger charge is 2.20. The molecule has 0 bridgehead atoms. The van der Waals surface area contributed by atoms with Crippen LogP contribution in [0.2, 0.25) is 0 Å². The van der Waals surface area contributed by atoms with Gasteiger partial charge in [-0.15, -0.1) is 0 Å². The Hall–Kier alpha value is -1.98. The van der Waals surface area contributed by atoms with Crippen molar-refractivity contribution in [2.24, 2.45) is 0 Å². The van der Waals surface area contributed by atoms with Crippen molar-refractivity contribution in [3.8, 4) is 5.75 Å². The monoisotopic (exact) mass is 241 g/mol. The molecule has 0 aliphatic carbocycles. The van der Waals surface area contributed by atoms with Crippen LogP contribution in [0.15, 0.2) is 12.1 Å². The van der Waals surface area contributed by atoms with Gasteiger partial charge in [-0.25, -0.2) is 4.39 Å². The maximum atomic E-state index is 13.6. The molecule has 6 heteroatoms. The van der Waals surface area contributed by atoms with Crippen LogP contribution in [0, 0.1) is 15.9 Å². The molecule has 1 atom stereocenters. The first-order valence-corrected chi connectivity index (χ1v) is 4.96. The van der Waals surface area contributed by atoms with E-state index < -0.39 is 10.7 Å². The molecule has 0 amide bonds. The zero-order chi connectivity index (χ0) is 13.0. The number of carbonyl (C=O) groups excluding carboxylic acids is 1. The van der Waals surface area contributed by atoms with Gasteiger partial charge in [-0.1, -0.05) is 6.92 Å². The number of ether oxygens (including phenoxy) is 1. The standard InChI is InChI=1S/C11H12FNO4/c1-7(3-4-14)9-5-8(13(15)16)6-10(12)11(9)17-2/h4-7H,3H2,1-2H3. The third-order valence-electron chi connectivity index (χ3n) is 2.45. The van der Waals surface area contributed by atoms with E-state index in [9.17, 15) is 19.3 Å². The number of methoxy groups -OCH3 is 1. The van der Waals surface area contributed by atoms with Gasteiger partial charge in [-0.05, 0) is 5.92 Å². The van der Waals surface area contributed by atoms with E-state index in [2.05, 4.69) is 0 Å². The number of benzene rings is 1. The highest BCUT2D eigenvalue weighted by Crippen LogP contribution is 2.34. The summed E-state index contributed by atoms with van der Waals surface area (Å²) in [6.07, 6.45) is 0.831. The van der Waals surface area contributed by atoms with Gasteiger partial charge in [0.2, 0.25) is 0 Å². The van der Waals surface area contributed by atoms with Crippen LogP contribution >= 0.6 is 0 Å². The molecular weight excluding hydrogens is 229 g/mol. The molecule has 1 aromatic carbocycles. The quantitative estimate of drug-likeness (QED) is 0.451. The van der Waals surface area contributed by atoms with Gasteiger partial charge < -0.3 is 9.53 Å². The fourth-order valence-corrected chi connectivity index (χ4v) is 1.56. The highest BCUT2D eigenvalue weighted by atomic mass is 19.1. The van der Waals surface area contributed by atoms with Gasteiger partial charge in [-0.2, -0.15) is 0 Å². The lowest BCUT2D eigenvalue weighted by atomic mass is 9.96. The molecule has 0 N–H and O–H groups in total. The van der Waals surface area contributed by atoms with E-state index in [4.69, 9.17) is 4.74 Å². The second-order valence-corrected chi connectivity index (χ2v) is 3.61. The summed E-state index contributed by atoms with van der Waals surface area (Å²) in [6, 6.07) is 2.03. The molecule has 0 saturated heterocycles. The molecule has 17 heavy (non-hydrogen) atoms. The van der Waals surface area contributed by atoms with E-state index in [1.54, 1.807) is 6.92 Å². The summed E-state index contributed by atoms with van der Waals surface area (Å²) in [5.41, 5.74) is -0.0256. The molecule has 0 saturated carbocycles. The average molecular weight is 241 g/mol. The smallest absolute Gasteiger partial charge is 0.272 e. The van der Waals surface area contributed by atoms with Crippen molar-refractivity contribution in [1.29, 1.82) is 0 Å². The molecule has 0 heterocycles. The molecule has 0 aromatic heterocycles. The summed E-state index contributed by atoms with van der Waals surface area (Å²) in [4.78, 5) is 20.4. The Kier molecular flexibility index (Phi) is 4.14. The predicted molar refractivity (Wildman–Crippen MR) is 58.7 cm³/mol. The van der Waals surface area contributed by atoms with Crippen molar-refractivity contribution in [2.75, 3.05) is 7.11 Å². The second-order valence-electron chi connectivity index (χ2n) is 3.61. The van der Waals surface area contributed by atoms with Crippen molar-refractivity contribution in [1.82, 2.24) is 0 Å². The van der Waals surface area contributed by atoms with E-state index in [-0.39, 0.29) is 23.8 Å². The molecule has 0 aliphatic rings. The van der Waals surface area contributed by atoms with Gasteiger partial charge in [0, 0.05) is 18.1 Å². The topological polar surface area (TPSA) is 69.4 Å². The largest absolute Gasteiger partial charge is 0.493 e. The molecular formula is C11H12FNO4. The van der Waals surface area contributed by atoms with Gasteiger partial charge in [-0.3, -0.25) is 10.1 Å². The van der Waals surface area contributed by atoms with Gasteiger partial charge in [0.15, 0.2) is 11.6 Å². The number of carbonyl (C=O) groups is 1. The number of aldehydes is 1. The molecule has 1 rings (SSSR count). The lowest BCUT2D eigenvalue weighted by Crippen LogP contribution is -2.02. The second kappa shape index (κ2) is 5.38. The van der Waals surface area contributed by atoms with Crippen molar-refractivity contribution < 1.29 is 18.8 Å². The maximum absolute atomic E-state index is 13.6. The molecule has 5 nitrogen and oxygen atoms in total. The third-order valence-corrected chi connectivity index (χ3v) is 2.45. The Morgan fingerprint density at radius 1 is 1.59 bits per heavy atom. The first kappa shape index (κ1) is 13.1. The van der Waals surface area contributed by atoms with Crippen LogP contribution in [0.5, 0.6) is 5.75 Å². The third kappa shape index (κ3) is 2.77. The highest BCUT2D eigenvalue weighted by molar-refractivity contribution is 5.54. The minimum Gasteiger partial charge on any atom is -0.493 e. The number of nitro groups is 1. The van der Waals surface area contributed by atoms with E-state index in [0.29, 0.717) is 11.8 Å². The lowest BCUT2D eigenvalue weighted by Gasteiger charge is -2.13. The van der Waals surface area contributed by atoms with E-state index in [1.807, 2.05) is 0 Å². The van der Waals surface area contributed by atoms with Gasteiger partial charge in [0.05, 0.1) is 18.1 Å². The summed E-state index contributed by atoms with van der Waals surface area (Å²) < 4.78 is 18.4. The Bertz CT molecular complexity index is 447. The number of nitro benzene ring substituents is 1. The van der Waals surface area contributed by atoms with Crippen LogP contribution in [-0.4, -0.2) is 18.3 Å². The zero-order valence-electron chi connectivity index (χ0n) is 9.47. The first-order valence-electron chi connectivity index (χ1n) is 4.96. The lowest BCUT2D eigenvalue weighted by molar-refractivity contribution is -0.385. The van der Waals surface area contributed by atoms with Crippen molar-refractivity contribution in [3.05, 3.63) is 33.6 Å². The van der Waals surface area contributed by atoms with Crippen LogP contribution in [0.25, 0.3) is 0 Å². The van der Waals surface area contributed by atoms with E-state index >= 15 is 0 Å². The minimum atomic E-state index is -0.797. The van der Waals surface area contributed by atoms with E-state index in [0.717, 1.165) is 6.07 Å². The maximum Gasteiger partial charge on any atom is 0.272 e. The number of hydrogen-bond acceptors (Lipinski definition) is 4. The van der Waals surface area contributed by atoms with Crippen LogP contribution in [0.4, 0.5) is 10.1 Å². The molecule has 92 valence electrons. The number of halogens is 1. The normalized spacial score (nSPS) is 11.9. The van der Waals surface area contributed by atoms with Crippen LogP contribution in [-0.2, 0) is 4.79 Å². The van der Waals surface area contributed by atoms with Gasteiger partial charge in [0.1, 0.15) is 6.29 Å². The van der Waals surface area contributed by atoms with Gasteiger partial charge >= 0.3 is 0 Å². The SMILES string of the molecule is COc1c(F)cc([N+](=O)[O-])cc1C(C)CC=O. The number of nitrogens with zero attached hydrogens (tertiary/aromatic N) is 1. The summed E-state index contributed by atoms with van der Waals surface area (Å²) in [6.45, 7) is 1.68. The van der Waals surface area contributed by atoms with Crippen LogP contribution in [0.1, 0.15) is 24.8 Å². The molecule has 0 aliphatic heterocycles. The van der Waals surface area contributed by atoms with Gasteiger partial charge in [0.25, 0.3) is 5.69 Å². The average Bonchev–Trinajstić information content (AvgIpc) is 2.28. The molecule has 0 fully saturated rings. The number of non-ortho nitro benzene ring substituents is 1. The fraction of sp³-hybridized carbons (Fsp3) is 0.364. The fourth-order valence-electron chi connectivity index (χ4n) is 1.56. The minimum absolute atomic E-state index is 0.0510. The summed E-state index contributed by atoms with van der Waals surface area (Å²) in [5.74, 6) is -1.18. The summed E-state index contributed by atoms with van der Waals surface area (Å²) in [5, 5.41) is 10.6.